The molecule has 0 radical (unpaired) electrons. The Morgan fingerprint density at radius 1 is 1.26 bits per heavy atom. The lowest BCUT2D eigenvalue weighted by molar-refractivity contribution is 0.102. The average molecular weight is 345 g/mol. The summed E-state index contributed by atoms with van der Waals surface area (Å²) in [6.07, 6.45) is 0. The SMILES string of the molecule is O=C(Nc1ccc(Br)cc1Cl)c1cc(F)ccc1O. The number of phenolic OH excluding ortho intramolecular Hbond substituents is 1. The molecular formula is C13H8BrClFNO2. The number of nitrogens with one attached hydrogen (secondary N) is 1. The van der Waals surface area contributed by atoms with Crippen LogP contribution >= 0.6 is 27.5 Å². The van der Waals surface area contributed by atoms with E-state index in [1.165, 1.54) is 0 Å². The third kappa shape index (κ3) is 3.24. The van der Waals surface area contributed by atoms with Crippen LogP contribution in [-0.2, 0) is 0 Å². The Morgan fingerprint density at radius 2 is 2.00 bits per heavy atom. The number of carbonyl (C=O) groups excluding carboxylic acids is 1. The Morgan fingerprint density at radius 3 is 2.68 bits per heavy atom. The molecule has 0 saturated carbocycles. The number of benzene rings is 2. The molecule has 0 aromatic heterocycles. The summed E-state index contributed by atoms with van der Waals surface area (Å²) in [6.45, 7) is 0. The first-order valence-electron chi connectivity index (χ1n) is 5.22. The van der Waals surface area contributed by atoms with Gasteiger partial charge < -0.3 is 10.4 Å². The second kappa shape index (κ2) is 5.59. The number of carbonyl (C=O) groups is 1. The fourth-order valence-electron chi connectivity index (χ4n) is 1.47. The first kappa shape index (κ1) is 13.8. The monoisotopic (exact) mass is 343 g/mol. The highest BCUT2D eigenvalue weighted by atomic mass is 79.9. The van der Waals surface area contributed by atoms with Crippen molar-refractivity contribution in [1.29, 1.82) is 0 Å². The molecule has 0 atom stereocenters. The van der Waals surface area contributed by atoms with Crippen molar-refractivity contribution in [3.8, 4) is 5.75 Å². The lowest BCUT2D eigenvalue weighted by Gasteiger charge is -2.08. The van der Waals surface area contributed by atoms with Gasteiger partial charge in [0, 0.05) is 4.47 Å². The first-order valence-corrected chi connectivity index (χ1v) is 6.39. The Labute approximate surface area is 122 Å². The summed E-state index contributed by atoms with van der Waals surface area (Å²) in [5, 5.41) is 12.4. The summed E-state index contributed by atoms with van der Waals surface area (Å²) >= 11 is 9.19. The molecule has 2 aromatic carbocycles. The summed E-state index contributed by atoms with van der Waals surface area (Å²) in [7, 11) is 0. The molecule has 0 spiro atoms. The number of hydrogen-bond acceptors (Lipinski definition) is 2. The molecule has 0 aliphatic rings. The highest BCUT2D eigenvalue weighted by Crippen LogP contribution is 2.27. The van der Waals surface area contributed by atoms with Crippen molar-refractivity contribution in [2.24, 2.45) is 0 Å². The first-order chi connectivity index (χ1) is 8.97. The largest absolute Gasteiger partial charge is 0.507 e. The average Bonchev–Trinajstić information content (AvgIpc) is 2.35. The van der Waals surface area contributed by atoms with Crippen LogP contribution in [0.1, 0.15) is 10.4 Å². The highest BCUT2D eigenvalue weighted by molar-refractivity contribution is 9.10. The Kier molecular flexibility index (Phi) is 4.07. The molecule has 0 aliphatic carbocycles. The van der Waals surface area contributed by atoms with Gasteiger partial charge in [-0.05, 0) is 36.4 Å². The molecule has 0 fully saturated rings. The van der Waals surface area contributed by atoms with Gasteiger partial charge in [0.1, 0.15) is 11.6 Å². The molecule has 0 saturated heterocycles. The van der Waals surface area contributed by atoms with E-state index in [9.17, 15) is 14.3 Å². The zero-order valence-electron chi connectivity index (χ0n) is 9.45. The smallest absolute Gasteiger partial charge is 0.259 e. The number of phenols is 1. The van der Waals surface area contributed by atoms with Crippen molar-refractivity contribution in [2.75, 3.05) is 5.32 Å². The summed E-state index contributed by atoms with van der Waals surface area (Å²) in [5.41, 5.74) is 0.220. The van der Waals surface area contributed by atoms with E-state index in [1.807, 2.05) is 0 Å². The van der Waals surface area contributed by atoms with E-state index >= 15 is 0 Å². The minimum Gasteiger partial charge on any atom is -0.507 e. The van der Waals surface area contributed by atoms with Crippen molar-refractivity contribution < 1.29 is 14.3 Å². The molecule has 1 amide bonds. The van der Waals surface area contributed by atoms with E-state index in [4.69, 9.17) is 11.6 Å². The number of amides is 1. The van der Waals surface area contributed by atoms with Gasteiger partial charge in [0.15, 0.2) is 0 Å². The number of hydrogen-bond donors (Lipinski definition) is 2. The van der Waals surface area contributed by atoms with Crippen molar-refractivity contribution in [3.63, 3.8) is 0 Å². The topological polar surface area (TPSA) is 49.3 Å². The van der Waals surface area contributed by atoms with Gasteiger partial charge in [0.2, 0.25) is 0 Å². The normalized spacial score (nSPS) is 10.3. The van der Waals surface area contributed by atoms with Crippen LogP contribution in [0.2, 0.25) is 5.02 Å². The lowest BCUT2D eigenvalue weighted by Crippen LogP contribution is -2.12. The molecule has 0 bridgehead atoms. The molecule has 2 aromatic rings. The molecular weight excluding hydrogens is 337 g/mol. The molecule has 0 unspecified atom stereocenters. The van der Waals surface area contributed by atoms with Gasteiger partial charge in [-0.3, -0.25) is 4.79 Å². The van der Waals surface area contributed by atoms with E-state index in [0.29, 0.717) is 10.7 Å². The Bertz CT molecular complexity index is 649. The van der Waals surface area contributed by atoms with Crippen LogP contribution in [0, 0.1) is 5.82 Å². The quantitative estimate of drug-likeness (QED) is 0.858. The predicted octanol–water partition coefficient (Wildman–Crippen LogP) is 4.20. The van der Waals surface area contributed by atoms with Gasteiger partial charge in [0.05, 0.1) is 16.3 Å². The number of rotatable bonds is 2. The van der Waals surface area contributed by atoms with Gasteiger partial charge in [-0.25, -0.2) is 4.39 Å². The van der Waals surface area contributed by atoms with Crippen LogP contribution in [0.15, 0.2) is 40.9 Å². The molecule has 98 valence electrons. The zero-order chi connectivity index (χ0) is 14.0. The molecule has 0 aliphatic heterocycles. The molecule has 2 N–H and O–H groups in total. The van der Waals surface area contributed by atoms with Gasteiger partial charge in [-0.1, -0.05) is 27.5 Å². The fraction of sp³-hybridized carbons (Fsp3) is 0. The standard InChI is InChI=1S/C13H8BrClFNO2/c14-7-1-3-11(10(15)5-7)17-13(19)9-6-8(16)2-4-12(9)18/h1-6,18H,(H,17,19). The van der Waals surface area contributed by atoms with Crippen molar-refractivity contribution in [2.45, 2.75) is 0 Å². The van der Waals surface area contributed by atoms with E-state index in [2.05, 4.69) is 21.2 Å². The third-order valence-corrected chi connectivity index (χ3v) is 3.19. The van der Waals surface area contributed by atoms with Gasteiger partial charge >= 0.3 is 0 Å². The molecule has 0 heterocycles. The minimum absolute atomic E-state index is 0.154. The molecule has 3 nitrogen and oxygen atoms in total. The second-order valence-electron chi connectivity index (χ2n) is 3.74. The number of anilines is 1. The molecule has 6 heteroatoms. The van der Waals surface area contributed by atoms with Crippen LogP contribution in [0.5, 0.6) is 5.75 Å². The molecule has 2 rings (SSSR count). The van der Waals surface area contributed by atoms with E-state index < -0.39 is 11.7 Å². The number of halogens is 3. The summed E-state index contributed by atoms with van der Waals surface area (Å²) in [4.78, 5) is 11.9. The van der Waals surface area contributed by atoms with Gasteiger partial charge in [-0.15, -0.1) is 0 Å². The maximum atomic E-state index is 13.1. The van der Waals surface area contributed by atoms with Crippen molar-refractivity contribution >= 4 is 39.1 Å². The Balaban J connectivity index is 2.28. The van der Waals surface area contributed by atoms with Crippen molar-refractivity contribution in [1.82, 2.24) is 0 Å². The van der Waals surface area contributed by atoms with Crippen LogP contribution in [0.25, 0.3) is 0 Å². The van der Waals surface area contributed by atoms with Crippen LogP contribution in [0.3, 0.4) is 0 Å². The van der Waals surface area contributed by atoms with Crippen molar-refractivity contribution in [3.05, 3.63) is 57.3 Å². The maximum absolute atomic E-state index is 13.1. The van der Waals surface area contributed by atoms with Gasteiger partial charge in [0.25, 0.3) is 5.91 Å². The Hall–Kier alpha value is -1.59. The minimum atomic E-state index is -0.638. The maximum Gasteiger partial charge on any atom is 0.259 e. The zero-order valence-corrected chi connectivity index (χ0v) is 11.8. The highest BCUT2D eigenvalue weighted by Gasteiger charge is 2.13. The second-order valence-corrected chi connectivity index (χ2v) is 5.06. The molecule has 19 heavy (non-hydrogen) atoms. The predicted molar refractivity (Wildman–Crippen MR) is 75.2 cm³/mol. The summed E-state index contributed by atoms with van der Waals surface area (Å²) < 4.78 is 13.8. The lowest BCUT2D eigenvalue weighted by atomic mass is 10.1. The van der Waals surface area contributed by atoms with E-state index in [-0.39, 0.29) is 11.3 Å². The van der Waals surface area contributed by atoms with Crippen LogP contribution in [0.4, 0.5) is 10.1 Å². The summed E-state index contributed by atoms with van der Waals surface area (Å²) in [5.74, 6) is -1.54. The summed E-state index contributed by atoms with van der Waals surface area (Å²) in [6, 6.07) is 8.06. The van der Waals surface area contributed by atoms with Gasteiger partial charge in [-0.2, -0.15) is 0 Å². The van der Waals surface area contributed by atoms with Crippen LogP contribution < -0.4 is 5.32 Å². The number of aromatic hydroxyl groups is 1. The van der Waals surface area contributed by atoms with Crippen LogP contribution in [-0.4, -0.2) is 11.0 Å². The van der Waals surface area contributed by atoms with E-state index in [1.54, 1.807) is 18.2 Å². The fourth-order valence-corrected chi connectivity index (χ4v) is 2.19. The van der Waals surface area contributed by atoms with E-state index in [0.717, 1.165) is 22.7 Å². The third-order valence-electron chi connectivity index (χ3n) is 2.38.